The Morgan fingerprint density at radius 3 is 3.13 bits per heavy atom. The summed E-state index contributed by atoms with van der Waals surface area (Å²) in [5.41, 5.74) is 5.54. The molecule has 1 aliphatic rings. The molecule has 1 saturated heterocycles. The summed E-state index contributed by atoms with van der Waals surface area (Å²) in [6.45, 7) is 1.38. The van der Waals surface area contributed by atoms with E-state index in [0.29, 0.717) is 17.6 Å². The maximum absolute atomic E-state index is 8.81. The van der Waals surface area contributed by atoms with Gasteiger partial charge in [-0.25, -0.2) is 0 Å². The molecule has 1 aromatic rings. The Kier molecular flexibility index (Phi) is 3.30. The molecule has 3 N–H and O–H groups in total. The standard InChI is InChI=1S/C9H15N3O3/c10-7(4-13)9-11-8(12-15-9)3-6-1-2-14-5-6/h6-7,13H,1-5,10H2/t6?,7-/m0/s1. The molecular weight excluding hydrogens is 198 g/mol. The molecule has 0 saturated carbocycles. The van der Waals surface area contributed by atoms with Gasteiger partial charge in [0.05, 0.1) is 6.61 Å². The van der Waals surface area contributed by atoms with Gasteiger partial charge in [-0.2, -0.15) is 4.98 Å². The van der Waals surface area contributed by atoms with E-state index in [4.69, 9.17) is 20.1 Å². The van der Waals surface area contributed by atoms with E-state index in [1.807, 2.05) is 0 Å². The fourth-order valence-electron chi connectivity index (χ4n) is 1.58. The number of nitrogens with two attached hydrogens (primary N) is 1. The van der Waals surface area contributed by atoms with Crippen molar-refractivity contribution in [3.8, 4) is 0 Å². The van der Waals surface area contributed by atoms with E-state index in [0.717, 1.165) is 26.1 Å². The number of rotatable bonds is 4. The van der Waals surface area contributed by atoms with E-state index in [1.165, 1.54) is 0 Å². The van der Waals surface area contributed by atoms with Gasteiger partial charge >= 0.3 is 0 Å². The fraction of sp³-hybridized carbons (Fsp3) is 0.778. The van der Waals surface area contributed by atoms with E-state index in [2.05, 4.69) is 10.1 Å². The van der Waals surface area contributed by atoms with Crippen LogP contribution < -0.4 is 5.73 Å². The maximum atomic E-state index is 8.81. The minimum Gasteiger partial charge on any atom is -0.394 e. The quantitative estimate of drug-likeness (QED) is 0.709. The van der Waals surface area contributed by atoms with Crippen molar-refractivity contribution in [1.29, 1.82) is 0 Å². The predicted molar refractivity (Wildman–Crippen MR) is 50.9 cm³/mol. The molecule has 6 heteroatoms. The van der Waals surface area contributed by atoms with Gasteiger partial charge in [0, 0.05) is 19.6 Å². The molecule has 0 bridgehead atoms. The zero-order chi connectivity index (χ0) is 10.7. The molecule has 1 unspecified atom stereocenters. The van der Waals surface area contributed by atoms with Crippen LogP contribution >= 0.6 is 0 Å². The first kappa shape index (κ1) is 10.5. The average Bonchev–Trinajstić information content (AvgIpc) is 2.88. The average molecular weight is 213 g/mol. The third-order valence-corrected chi connectivity index (χ3v) is 2.49. The molecule has 0 amide bonds. The second kappa shape index (κ2) is 4.69. The van der Waals surface area contributed by atoms with E-state index in [1.54, 1.807) is 0 Å². The van der Waals surface area contributed by atoms with Crippen molar-refractivity contribution >= 4 is 0 Å². The number of nitrogens with zero attached hydrogens (tertiary/aromatic N) is 2. The molecular formula is C9H15N3O3. The molecule has 15 heavy (non-hydrogen) atoms. The molecule has 0 aromatic carbocycles. The Morgan fingerprint density at radius 2 is 2.47 bits per heavy atom. The lowest BCUT2D eigenvalue weighted by molar-refractivity contribution is 0.185. The number of ether oxygens (including phenoxy) is 1. The van der Waals surface area contributed by atoms with Gasteiger partial charge in [-0.15, -0.1) is 0 Å². The van der Waals surface area contributed by atoms with Gasteiger partial charge in [-0.3, -0.25) is 0 Å². The third-order valence-electron chi connectivity index (χ3n) is 2.49. The Labute approximate surface area is 87.4 Å². The van der Waals surface area contributed by atoms with Gasteiger partial charge in [-0.1, -0.05) is 5.16 Å². The van der Waals surface area contributed by atoms with Gasteiger partial charge in [0.25, 0.3) is 0 Å². The lowest BCUT2D eigenvalue weighted by Gasteiger charge is -2.01. The summed E-state index contributed by atoms with van der Waals surface area (Å²) < 4.78 is 10.2. The van der Waals surface area contributed by atoms with Crippen LogP contribution in [0.3, 0.4) is 0 Å². The predicted octanol–water partition coefficient (Wildman–Crippen LogP) is -0.359. The first-order valence-electron chi connectivity index (χ1n) is 5.06. The van der Waals surface area contributed by atoms with Crippen molar-refractivity contribution in [2.45, 2.75) is 18.9 Å². The van der Waals surface area contributed by atoms with Crippen LogP contribution in [-0.2, 0) is 11.2 Å². The summed E-state index contributed by atoms with van der Waals surface area (Å²) in [7, 11) is 0. The van der Waals surface area contributed by atoms with Gasteiger partial charge in [0.2, 0.25) is 5.89 Å². The number of hydrogen-bond acceptors (Lipinski definition) is 6. The summed E-state index contributed by atoms with van der Waals surface area (Å²) in [5, 5.41) is 12.6. The normalized spacial score (nSPS) is 23.2. The van der Waals surface area contributed by atoms with E-state index < -0.39 is 6.04 Å². The second-order valence-corrected chi connectivity index (χ2v) is 3.77. The second-order valence-electron chi connectivity index (χ2n) is 3.77. The highest BCUT2D eigenvalue weighted by molar-refractivity contribution is 4.93. The van der Waals surface area contributed by atoms with Crippen molar-refractivity contribution in [2.75, 3.05) is 19.8 Å². The molecule has 2 heterocycles. The molecule has 6 nitrogen and oxygen atoms in total. The summed E-state index contributed by atoms with van der Waals surface area (Å²) in [5.74, 6) is 1.41. The summed E-state index contributed by atoms with van der Waals surface area (Å²) >= 11 is 0. The smallest absolute Gasteiger partial charge is 0.245 e. The van der Waals surface area contributed by atoms with Crippen LogP contribution in [0.1, 0.15) is 24.2 Å². The number of hydrogen-bond donors (Lipinski definition) is 2. The van der Waals surface area contributed by atoms with Crippen LogP contribution in [0.5, 0.6) is 0 Å². The van der Waals surface area contributed by atoms with Crippen LogP contribution in [0.15, 0.2) is 4.52 Å². The Hall–Kier alpha value is -0.980. The van der Waals surface area contributed by atoms with Crippen molar-refractivity contribution in [3.05, 3.63) is 11.7 Å². The summed E-state index contributed by atoms with van der Waals surface area (Å²) in [6, 6.07) is -0.578. The monoisotopic (exact) mass is 213 g/mol. The molecule has 1 fully saturated rings. The summed E-state index contributed by atoms with van der Waals surface area (Å²) in [4.78, 5) is 4.13. The molecule has 0 radical (unpaired) electrons. The lowest BCUT2D eigenvalue weighted by Crippen LogP contribution is -2.15. The largest absolute Gasteiger partial charge is 0.394 e. The van der Waals surface area contributed by atoms with Crippen LogP contribution in [0.4, 0.5) is 0 Å². The number of aromatic nitrogens is 2. The van der Waals surface area contributed by atoms with Crippen molar-refractivity contribution in [1.82, 2.24) is 10.1 Å². The van der Waals surface area contributed by atoms with Crippen LogP contribution in [0, 0.1) is 5.92 Å². The van der Waals surface area contributed by atoms with Gasteiger partial charge in [0.1, 0.15) is 6.04 Å². The first-order valence-corrected chi connectivity index (χ1v) is 5.06. The van der Waals surface area contributed by atoms with E-state index in [9.17, 15) is 0 Å². The molecule has 84 valence electrons. The van der Waals surface area contributed by atoms with Crippen LogP contribution in [-0.4, -0.2) is 35.1 Å². The van der Waals surface area contributed by atoms with Gasteiger partial charge in [-0.05, 0) is 12.3 Å². The minimum atomic E-state index is -0.578. The SMILES string of the molecule is N[C@@H](CO)c1nc(CC2CCOC2)no1. The molecule has 0 spiro atoms. The molecule has 2 atom stereocenters. The topological polar surface area (TPSA) is 94.4 Å². The Bertz CT molecular complexity index is 309. The fourth-order valence-corrected chi connectivity index (χ4v) is 1.58. The number of aliphatic hydroxyl groups excluding tert-OH is 1. The van der Waals surface area contributed by atoms with E-state index >= 15 is 0 Å². The van der Waals surface area contributed by atoms with Crippen molar-refractivity contribution < 1.29 is 14.4 Å². The highest BCUT2D eigenvalue weighted by Crippen LogP contribution is 2.17. The zero-order valence-corrected chi connectivity index (χ0v) is 8.43. The maximum Gasteiger partial charge on any atom is 0.245 e. The highest BCUT2D eigenvalue weighted by atomic mass is 16.5. The highest BCUT2D eigenvalue weighted by Gasteiger charge is 2.20. The van der Waals surface area contributed by atoms with Gasteiger partial charge < -0.3 is 20.1 Å². The number of aliphatic hydroxyl groups is 1. The van der Waals surface area contributed by atoms with Crippen LogP contribution in [0.25, 0.3) is 0 Å². The Balaban J connectivity index is 1.94. The van der Waals surface area contributed by atoms with Crippen molar-refractivity contribution in [3.63, 3.8) is 0 Å². The molecule has 2 rings (SSSR count). The zero-order valence-electron chi connectivity index (χ0n) is 8.43. The third kappa shape index (κ3) is 2.53. The van der Waals surface area contributed by atoms with Crippen LogP contribution in [0.2, 0.25) is 0 Å². The lowest BCUT2D eigenvalue weighted by atomic mass is 10.1. The molecule has 0 aliphatic carbocycles. The minimum absolute atomic E-state index is 0.186. The Morgan fingerprint density at radius 1 is 1.60 bits per heavy atom. The summed E-state index contributed by atoms with van der Waals surface area (Å²) in [6.07, 6.45) is 1.79. The molecule has 1 aromatic heterocycles. The van der Waals surface area contributed by atoms with Crippen molar-refractivity contribution in [2.24, 2.45) is 11.7 Å². The molecule has 1 aliphatic heterocycles. The van der Waals surface area contributed by atoms with E-state index in [-0.39, 0.29) is 6.61 Å². The first-order chi connectivity index (χ1) is 7.29. The van der Waals surface area contributed by atoms with Gasteiger partial charge in [0.15, 0.2) is 5.82 Å².